The minimum atomic E-state index is -1.22. The van der Waals surface area contributed by atoms with Gasteiger partial charge in [-0.2, -0.15) is 0 Å². The predicted molar refractivity (Wildman–Crippen MR) is 40.8 cm³/mol. The van der Waals surface area contributed by atoms with Gasteiger partial charge in [0.05, 0.1) is 7.11 Å². The molecular weight excluding hydrogens is 128 g/mol. The highest BCUT2D eigenvalue weighted by Crippen LogP contribution is 2.02. The van der Waals surface area contributed by atoms with Gasteiger partial charge in [0.2, 0.25) is 0 Å². The van der Waals surface area contributed by atoms with Crippen molar-refractivity contribution in [1.29, 1.82) is 0 Å². The Balaban J connectivity index is 3.67. The zero-order chi connectivity index (χ0) is 9.61. The van der Waals surface area contributed by atoms with Crippen molar-refractivity contribution in [3.05, 3.63) is 0 Å². The molecule has 10 heavy (non-hydrogen) atoms. The van der Waals surface area contributed by atoms with Gasteiger partial charge in [0.1, 0.15) is 0 Å². The SMILES string of the molecule is [2H]C([2H])(CCC)CCC(=O)OC. The van der Waals surface area contributed by atoms with E-state index in [1.54, 1.807) is 0 Å². The molecule has 0 aromatic heterocycles. The molecule has 0 spiro atoms. The van der Waals surface area contributed by atoms with Gasteiger partial charge in [-0.3, -0.25) is 4.79 Å². The van der Waals surface area contributed by atoms with Gasteiger partial charge >= 0.3 is 5.97 Å². The molecule has 0 fully saturated rings. The largest absolute Gasteiger partial charge is 0.469 e. The molecule has 0 saturated carbocycles. The molecule has 0 unspecified atom stereocenters. The van der Waals surface area contributed by atoms with Crippen LogP contribution in [0.4, 0.5) is 0 Å². The van der Waals surface area contributed by atoms with E-state index in [1.165, 1.54) is 7.11 Å². The van der Waals surface area contributed by atoms with E-state index in [1.807, 2.05) is 6.92 Å². The fraction of sp³-hybridized carbons (Fsp3) is 0.875. The molecule has 0 aliphatic heterocycles. The van der Waals surface area contributed by atoms with Crippen LogP contribution in [0.15, 0.2) is 0 Å². The second-order valence-electron chi connectivity index (χ2n) is 2.08. The summed E-state index contributed by atoms with van der Waals surface area (Å²) >= 11 is 0. The topological polar surface area (TPSA) is 26.3 Å². The monoisotopic (exact) mass is 146 g/mol. The van der Waals surface area contributed by atoms with Crippen LogP contribution < -0.4 is 0 Å². The van der Waals surface area contributed by atoms with Crippen molar-refractivity contribution in [2.75, 3.05) is 7.11 Å². The average Bonchev–Trinajstić information content (AvgIpc) is 2.00. The molecule has 0 saturated heterocycles. The minimum absolute atomic E-state index is 0.170. The highest BCUT2D eigenvalue weighted by atomic mass is 16.5. The van der Waals surface area contributed by atoms with E-state index in [4.69, 9.17) is 2.74 Å². The van der Waals surface area contributed by atoms with Crippen LogP contribution in [-0.2, 0) is 9.53 Å². The summed E-state index contributed by atoms with van der Waals surface area (Å²) in [6.07, 6.45) is 0.512. The summed E-state index contributed by atoms with van der Waals surface area (Å²) in [5.74, 6) is -0.338. The van der Waals surface area contributed by atoms with Gasteiger partial charge in [0.25, 0.3) is 0 Å². The van der Waals surface area contributed by atoms with Gasteiger partial charge in [0.15, 0.2) is 0 Å². The van der Waals surface area contributed by atoms with Crippen molar-refractivity contribution in [1.82, 2.24) is 0 Å². The van der Waals surface area contributed by atoms with E-state index in [0.29, 0.717) is 6.42 Å². The van der Waals surface area contributed by atoms with Gasteiger partial charge in [-0.25, -0.2) is 0 Å². The first kappa shape index (κ1) is 6.20. The van der Waals surface area contributed by atoms with Crippen LogP contribution in [0.3, 0.4) is 0 Å². The Morgan fingerprint density at radius 1 is 1.60 bits per heavy atom. The van der Waals surface area contributed by atoms with Gasteiger partial charge in [-0.15, -0.1) is 0 Å². The second kappa shape index (κ2) is 6.59. The lowest BCUT2D eigenvalue weighted by atomic mass is 10.2. The number of methoxy groups -OCH3 is 1. The van der Waals surface area contributed by atoms with Crippen LogP contribution in [0.1, 0.15) is 41.7 Å². The van der Waals surface area contributed by atoms with E-state index in [0.717, 1.165) is 6.42 Å². The lowest BCUT2D eigenvalue weighted by Gasteiger charge is -1.97. The number of carbonyl (C=O) groups excluding carboxylic acids is 1. The molecule has 0 bridgehead atoms. The fourth-order valence-electron chi connectivity index (χ4n) is 0.594. The van der Waals surface area contributed by atoms with Crippen LogP contribution in [0.5, 0.6) is 0 Å². The molecule has 0 aliphatic rings. The smallest absolute Gasteiger partial charge is 0.305 e. The number of hydrogen-bond acceptors (Lipinski definition) is 2. The zero-order valence-electron chi connectivity index (χ0n) is 8.64. The fourth-order valence-corrected chi connectivity index (χ4v) is 0.594. The number of hydrogen-bond donors (Lipinski definition) is 0. The summed E-state index contributed by atoms with van der Waals surface area (Å²) < 4.78 is 19.3. The maximum atomic E-state index is 10.7. The predicted octanol–water partition coefficient (Wildman–Crippen LogP) is 2.13. The van der Waals surface area contributed by atoms with Gasteiger partial charge < -0.3 is 4.74 Å². The third-order valence-corrected chi connectivity index (χ3v) is 1.16. The van der Waals surface area contributed by atoms with Gasteiger partial charge in [-0.05, 0) is 6.42 Å². The Hall–Kier alpha value is -0.530. The number of carbonyl (C=O) groups is 1. The maximum absolute atomic E-state index is 10.7. The molecule has 0 aromatic rings. The van der Waals surface area contributed by atoms with Crippen molar-refractivity contribution < 1.29 is 12.3 Å². The quantitative estimate of drug-likeness (QED) is 0.555. The van der Waals surface area contributed by atoms with Crippen molar-refractivity contribution in [2.24, 2.45) is 0 Å². The Bertz CT molecular complexity index is 146. The molecule has 0 amide bonds. The van der Waals surface area contributed by atoms with Gasteiger partial charge in [-0.1, -0.05) is 26.1 Å². The summed E-state index contributed by atoms with van der Waals surface area (Å²) in [4.78, 5) is 10.7. The summed E-state index contributed by atoms with van der Waals surface area (Å²) in [5, 5.41) is 0. The van der Waals surface area contributed by atoms with Crippen molar-refractivity contribution >= 4 is 5.97 Å². The molecule has 0 N–H and O–H groups in total. The van der Waals surface area contributed by atoms with E-state index in [9.17, 15) is 4.79 Å². The van der Waals surface area contributed by atoms with Crippen molar-refractivity contribution in [3.8, 4) is 0 Å². The molecule has 0 radical (unpaired) electrons. The normalized spacial score (nSPS) is 13.8. The molecular formula is C8H16O2. The number of ether oxygens (including phenoxy) is 1. The Labute approximate surface area is 65.4 Å². The molecule has 0 aromatic carbocycles. The standard InChI is InChI=1S/C8H16O2/c1-3-4-5-6-7-8(9)10-2/h3-7H2,1-2H3/i5D2. The summed E-state index contributed by atoms with van der Waals surface area (Å²) in [6, 6.07) is 0. The van der Waals surface area contributed by atoms with E-state index < -0.39 is 6.37 Å². The van der Waals surface area contributed by atoms with Crippen molar-refractivity contribution in [3.63, 3.8) is 0 Å². The Morgan fingerprint density at radius 2 is 2.30 bits per heavy atom. The third-order valence-electron chi connectivity index (χ3n) is 1.16. The third kappa shape index (κ3) is 5.60. The van der Waals surface area contributed by atoms with Crippen molar-refractivity contribution in [2.45, 2.75) is 39.0 Å². The first-order chi connectivity index (χ1) is 5.52. The first-order valence-electron chi connectivity index (χ1n) is 4.58. The molecule has 2 heteroatoms. The van der Waals surface area contributed by atoms with E-state index >= 15 is 0 Å². The summed E-state index contributed by atoms with van der Waals surface area (Å²) in [5.41, 5.74) is 0. The maximum Gasteiger partial charge on any atom is 0.305 e. The molecule has 0 aliphatic carbocycles. The molecule has 0 atom stereocenters. The van der Waals surface area contributed by atoms with Crippen LogP contribution in [-0.4, -0.2) is 13.1 Å². The lowest BCUT2D eigenvalue weighted by molar-refractivity contribution is -0.140. The van der Waals surface area contributed by atoms with E-state index in [2.05, 4.69) is 4.74 Å². The second-order valence-corrected chi connectivity index (χ2v) is 2.08. The number of esters is 1. The average molecular weight is 146 g/mol. The highest BCUT2D eigenvalue weighted by Gasteiger charge is 1.97. The number of rotatable bonds is 5. The highest BCUT2D eigenvalue weighted by molar-refractivity contribution is 5.68. The van der Waals surface area contributed by atoms with Crippen LogP contribution in [0.2, 0.25) is 0 Å². The van der Waals surface area contributed by atoms with Crippen LogP contribution in [0.25, 0.3) is 0 Å². The van der Waals surface area contributed by atoms with E-state index in [-0.39, 0.29) is 18.8 Å². The van der Waals surface area contributed by atoms with Crippen LogP contribution >= 0.6 is 0 Å². The van der Waals surface area contributed by atoms with Crippen LogP contribution in [0, 0.1) is 0 Å². The molecule has 60 valence electrons. The Kier molecular flexibility index (Phi) is 4.08. The summed E-state index contributed by atoms with van der Waals surface area (Å²) in [6.45, 7) is 1.93. The zero-order valence-corrected chi connectivity index (χ0v) is 6.64. The minimum Gasteiger partial charge on any atom is -0.469 e. The first-order valence-corrected chi connectivity index (χ1v) is 3.58. The summed E-state index contributed by atoms with van der Waals surface area (Å²) in [7, 11) is 1.32. The molecule has 0 heterocycles. The molecule has 2 nitrogen and oxygen atoms in total. The Morgan fingerprint density at radius 3 is 2.80 bits per heavy atom. The molecule has 0 rings (SSSR count). The lowest BCUT2D eigenvalue weighted by Crippen LogP contribution is -1.98. The van der Waals surface area contributed by atoms with Gasteiger partial charge in [0, 0.05) is 9.16 Å².